The molecule has 0 bridgehead atoms. The lowest BCUT2D eigenvalue weighted by atomic mass is 10.2. The Kier molecular flexibility index (Phi) is 6.85. The van der Waals surface area contributed by atoms with Gasteiger partial charge in [0.15, 0.2) is 0 Å². The second kappa shape index (κ2) is 9.10. The van der Waals surface area contributed by atoms with Crippen molar-refractivity contribution in [2.75, 3.05) is 5.32 Å². The summed E-state index contributed by atoms with van der Waals surface area (Å²) in [5.74, 6) is 5.32. The number of aromatic nitrogens is 2. The Labute approximate surface area is 161 Å². The normalized spacial score (nSPS) is 10.2. The Hall–Kier alpha value is -2.98. The van der Waals surface area contributed by atoms with Gasteiger partial charge in [0.2, 0.25) is 5.91 Å². The fourth-order valence-electron chi connectivity index (χ4n) is 2.33. The number of anilines is 1. The number of carbonyl (C=O) groups is 1. The van der Waals surface area contributed by atoms with Crippen molar-refractivity contribution >= 4 is 23.2 Å². The summed E-state index contributed by atoms with van der Waals surface area (Å²) in [7, 11) is 1.31. The first-order valence-corrected chi connectivity index (χ1v) is 8.80. The zero-order valence-corrected chi connectivity index (χ0v) is 15.8. The number of rotatable bonds is 5. The molecule has 0 atom stereocenters. The number of hydrogen-bond acceptors (Lipinski definition) is 4. The molecule has 2 N–H and O–H groups in total. The summed E-state index contributed by atoms with van der Waals surface area (Å²) in [6.07, 6.45) is 1.77. The van der Waals surface area contributed by atoms with Gasteiger partial charge in [0.1, 0.15) is 16.6 Å². The number of amides is 1. The number of unbranched alkanes of at least 4 members (excludes halogenated alkanes) is 1. The van der Waals surface area contributed by atoms with Crippen molar-refractivity contribution < 1.29 is 9.90 Å². The van der Waals surface area contributed by atoms with Gasteiger partial charge < -0.3 is 10.4 Å². The van der Waals surface area contributed by atoms with Crippen LogP contribution in [0.15, 0.2) is 33.9 Å². The maximum absolute atomic E-state index is 12.3. The zero-order chi connectivity index (χ0) is 20.0. The van der Waals surface area contributed by atoms with Gasteiger partial charge in [0, 0.05) is 19.0 Å². The third-order valence-corrected chi connectivity index (χ3v) is 4.21. The van der Waals surface area contributed by atoms with Crippen LogP contribution < -0.4 is 16.6 Å². The molecule has 0 aliphatic heterocycles. The Balaban J connectivity index is 2.35. The van der Waals surface area contributed by atoms with Crippen LogP contribution in [-0.2, 0) is 18.4 Å². The molecule has 2 rings (SSSR count). The maximum Gasteiger partial charge on any atom is 0.332 e. The number of carbonyl (C=O) groups excluding carboxylic acids is 1. The number of nitrogens with zero attached hydrogens (tertiary/aromatic N) is 2. The Morgan fingerprint density at radius 3 is 2.74 bits per heavy atom. The summed E-state index contributed by atoms with van der Waals surface area (Å²) >= 11 is 6.20. The SMILES string of the molecule is CCCCC(=O)Nc1c(Cl)n(CC#Cc2cccc(O)c2)c(=O)n(C)c1=O. The van der Waals surface area contributed by atoms with Gasteiger partial charge in [-0.2, -0.15) is 0 Å². The lowest BCUT2D eigenvalue weighted by Crippen LogP contribution is -2.40. The fourth-order valence-corrected chi connectivity index (χ4v) is 2.59. The summed E-state index contributed by atoms with van der Waals surface area (Å²) < 4.78 is 1.98. The van der Waals surface area contributed by atoms with Crippen molar-refractivity contribution in [3.05, 3.63) is 55.8 Å². The van der Waals surface area contributed by atoms with E-state index in [2.05, 4.69) is 17.2 Å². The highest BCUT2D eigenvalue weighted by atomic mass is 35.5. The molecule has 0 radical (unpaired) electrons. The van der Waals surface area contributed by atoms with Crippen LogP contribution in [-0.4, -0.2) is 20.1 Å². The van der Waals surface area contributed by atoms with Crippen molar-refractivity contribution in [2.45, 2.75) is 32.7 Å². The van der Waals surface area contributed by atoms with Crippen LogP contribution in [0.25, 0.3) is 0 Å². The third-order valence-electron chi connectivity index (χ3n) is 3.82. The van der Waals surface area contributed by atoms with E-state index < -0.39 is 11.2 Å². The van der Waals surface area contributed by atoms with Gasteiger partial charge in [-0.15, -0.1) is 0 Å². The lowest BCUT2D eigenvalue weighted by Gasteiger charge is -2.12. The first kappa shape index (κ1) is 20.3. The minimum Gasteiger partial charge on any atom is -0.508 e. The number of nitrogens with one attached hydrogen (secondary N) is 1. The minimum absolute atomic E-state index is 0.0798. The largest absolute Gasteiger partial charge is 0.508 e. The van der Waals surface area contributed by atoms with E-state index in [1.807, 2.05) is 6.92 Å². The van der Waals surface area contributed by atoms with Gasteiger partial charge in [0.05, 0.1) is 6.54 Å². The van der Waals surface area contributed by atoms with Crippen LogP contribution in [0, 0.1) is 11.8 Å². The Bertz CT molecular complexity index is 1030. The molecule has 7 nitrogen and oxygen atoms in total. The molecule has 0 spiro atoms. The molecule has 142 valence electrons. The third kappa shape index (κ3) is 5.02. The van der Waals surface area contributed by atoms with Gasteiger partial charge in [0.25, 0.3) is 5.56 Å². The number of phenolic OH excluding ortho intramolecular Hbond substituents is 1. The van der Waals surface area contributed by atoms with Crippen LogP contribution in [0.1, 0.15) is 31.7 Å². The van der Waals surface area contributed by atoms with Gasteiger partial charge in [-0.3, -0.25) is 18.7 Å². The summed E-state index contributed by atoms with van der Waals surface area (Å²) in [5, 5.41) is 11.8. The summed E-state index contributed by atoms with van der Waals surface area (Å²) in [6.45, 7) is 1.86. The molecule has 2 aromatic rings. The van der Waals surface area contributed by atoms with Crippen LogP contribution in [0.2, 0.25) is 5.15 Å². The van der Waals surface area contributed by atoms with Crippen LogP contribution in [0.4, 0.5) is 5.69 Å². The van der Waals surface area contributed by atoms with Gasteiger partial charge in [-0.1, -0.05) is 42.9 Å². The number of aromatic hydroxyl groups is 1. The quantitative estimate of drug-likeness (QED) is 0.604. The van der Waals surface area contributed by atoms with E-state index in [4.69, 9.17) is 11.6 Å². The number of halogens is 1. The summed E-state index contributed by atoms with van der Waals surface area (Å²) in [4.78, 5) is 36.6. The molecule has 27 heavy (non-hydrogen) atoms. The molecular weight excluding hydrogens is 370 g/mol. The zero-order valence-electron chi connectivity index (χ0n) is 15.1. The van der Waals surface area contributed by atoms with E-state index in [0.717, 1.165) is 15.6 Å². The molecule has 1 aromatic carbocycles. The molecule has 0 saturated heterocycles. The smallest absolute Gasteiger partial charge is 0.332 e. The average molecular weight is 390 g/mol. The van der Waals surface area contributed by atoms with Crippen molar-refractivity contribution in [1.29, 1.82) is 0 Å². The molecule has 0 aliphatic rings. The lowest BCUT2D eigenvalue weighted by molar-refractivity contribution is -0.116. The number of benzene rings is 1. The molecule has 8 heteroatoms. The predicted molar refractivity (Wildman–Crippen MR) is 104 cm³/mol. The van der Waals surface area contributed by atoms with E-state index in [1.54, 1.807) is 12.1 Å². The van der Waals surface area contributed by atoms with Gasteiger partial charge in [-0.25, -0.2) is 4.79 Å². The Morgan fingerprint density at radius 1 is 1.33 bits per heavy atom. The molecule has 0 saturated carbocycles. The maximum atomic E-state index is 12.3. The highest BCUT2D eigenvalue weighted by molar-refractivity contribution is 6.32. The molecule has 1 aromatic heterocycles. The Morgan fingerprint density at radius 2 is 2.07 bits per heavy atom. The van der Waals surface area contributed by atoms with Gasteiger partial charge in [-0.05, 0) is 24.6 Å². The van der Waals surface area contributed by atoms with Crippen LogP contribution >= 0.6 is 11.6 Å². The topological polar surface area (TPSA) is 93.3 Å². The van der Waals surface area contributed by atoms with Crippen LogP contribution in [0.3, 0.4) is 0 Å². The number of phenols is 1. The molecule has 0 aliphatic carbocycles. The fraction of sp³-hybridized carbons (Fsp3) is 0.316. The van der Waals surface area contributed by atoms with E-state index in [0.29, 0.717) is 12.0 Å². The van der Waals surface area contributed by atoms with E-state index in [1.165, 1.54) is 19.2 Å². The average Bonchev–Trinajstić information content (AvgIpc) is 2.64. The van der Waals surface area contributed by atoms with E-state index in [-0.39, 0.29) is 35.5 Å². The van der Waals surface area contributed by atoms with Crippen molar-refractivity contribution in [1.82, 2.24) is 9.13 Å². The summed E-state index contributed by atoms with van der Waals surface area (Å²) in [6, 6.07) is 6.36. The second-order valence-electron chi connectivity index (χ2n) is 5.90. The van der Waals surface area contributed by atoms with Crippen LogP contribution in [0.5, 0.6) is 5.75 Å². The molecule has 0 fully saturated rings. The standard InChI is InChI=1S/C19H20ClN3O4/c1-3-4-10-15(25)21-16-17(20)23(19(27)22(2)18(16)26)11-6-8-13-7-5-9-14(24)12-13/h5,7,9,12,24H,3-4,10-11H2,1-2H3,(H,21,25). The van der Waals surface area contributed by atoms with Gasteiger partial charge >= 0.3 is 5.69 Å². The van der Waals surface area contributed by atoms with Crippen molar-refractivity contribution in [3.8, 4) is 17.6 Å². The highest BCUT2D eigenvalue weighted by Crippen LogP contribution is 2.16. The van der Waals surface area contributed by atoms with Crippen molar-refractivity contribution in [3.63, 3.8) is 0 Å². The van der Waals surface area contributed by atoms with E-state index in [9.17, 15) is 19.5 Å². The molecule has 0 unspecified atom stereocenters. The molecule has 1 heterocycles. The first-order valence-electron chi connectivity index (χ1n) is 8.42. The van der Waals surface area contributed by atoms with E-state index >= 15 is 0 Å². The monoisotopic (exact) mass is 389 g/mol. The molecular formula is C19H20ClN3O4. The number of hydrogen-bond donors (Lipinski definition) is 2. The summed E-state index contributed by atoms with van der Waals surface area (Å²) in [5.41, 5.74) is -0.884. The predicted octanol–water partition coefficient (Wildman–Crippen LogP) is 2.09. The first-order chi connectivity index (χ1) is 12.8. The van der Waals surface area contributed by atoms with Crippen molar-refractivity contribution in [2.24, 2.45) is 7.05 Å². The second-order valence-corrected chi connectivity index (χ2v) is 6.26. The minimum atomic E-state index is -0.674. The molecule has 1 amide bonds. The highest BCUT2D eigenvalue weighted by Gasteiger charge is 2.17.